The van der Waals surface area contributed by atoms with Gasteiger partial charge in [0, 0.05) is 6.04 Å². The van der Waals surface area contributed by atoms with Crippen LogP contribution in [0.5, 0.6) is 0 Å². The van der Waals surface area contributed by atoms with Crippen LogP contribution in [0.1, 0.15) is 46.5 Å². The van der Waals surface area contributed by atoms with Crippen LogP contribution >= 0.6 is 0 Å². The van der Waals surface area contributed by atoms with E-state index in [2.05, 4.69) is 11.4 Å². The van der Waals surface area contributed by atoms with Gasteiger partial charge in [-0.2, -0.15) is 5.26 Å². The molecule has 4 nitrogen and oxygen atoms in total. The molecule has 0 aromatic carbocycles. The van der Waals surface area contributed by atoms with Crippen molar-refractivity contribution in [2.75, 3.05) is 0 Å². The van der Waals surface area contributed by atoms with Crippen LogP contribution in [0.4, 0.5) is 0 Å². The molecule has 1 aliphatic carbocycles. The molecule has 0 aromatic rings. The first-order chi connectivity index (χ1) is 8.42. The van der Waals surface area contributed by atoms with E-state index < -0.39 is 5.60 Å². The normalized spacial score (nSPS) is 35.7. The molecule has 100 valence electrons. The van der Waals surface area contributed by atoms with E-state index in [1.165, 1.54) is 6.42 Å². The Morgan fingerprint density at radius 1 is 1.33 bits per heavy atom. The second-order valence-electron chi connectivity index (χ2n) is 6.39. The second-order valence-corrected chi connectivity index (χ2v) is 6.39. The first-order valence-electron chi connectivity index (χ1n) is 6.81. The lowest BCUT2D eigenvalue weighted by Gasteiger charge is -2.29. The van der Waals surface area contributed by atoms with Gasteiger partial charge in [0.25, 0.3) is 0 Å². The number of carbonyl (C=O) groups is 1. The molecule has 4 heteroatoms. The van der Waals surface area contributed by atoms with Crippen LogP contribution in [-0.4, -0.2) is 23.7 Å². The molecule has 0 spiro atoms. The van der Waals surface area contributed by atoms with Crippen molar-refractivity contribution in [1.82, 2.24) is 5.32 Å². The molecular formula is C14H22N2O2. The topological polar surface area (TPSA) is 62.1 Å². The summed E-state index contributed by atoms with van der Waals surface area (Å²) < 4.78 is 5.47. The highest BCUT2D eigenvalue weighted by molar-refractivity contribution is 5.75. The zero-order valence-corrected chi connectivity index (χ0v) is 11.4. The predicted octanol–water partition coefficient (Wildman–Crippen LogP) is 2.00. The van der Waals surface area contributed by atoms with Crippen molar-refractivity contribution in [3.63, 3.8) is 0 Å². The molecule has 4 atom stereocenters. The Hall–Kier alpha value is -1.08. The van der Waals surface area contributed by atoms with E-state index in [0.717, 1.165) is 19.3 Å². The summed E-state index contributed by atoms with van der Waals surface area (Å²) >= 11 is 0. The zero-order valence-electron chi connectivity index (χ0n) is 11.4. The van der Waals surface area contributed by atoms with E-state index in [1.54, 1.807) is 0 Å². The zero-order chi connectivity index (χ0) is 13.3. The summed E-state index contributed by atoms with van der Waals surface area (Å²) in [5.74, 6) is -0.228. The predicted molar refractivity (Wildman–Crippen MR) is 67.6 cm³/mol. The molecule has 1 heterocycles. The number of ether oxygens (including phenoxy) is 1. The second kappa shape index (κ2) is 4.89. The molecule has 2 fully saturated rings. The molecule has 1 saturated heterocycles. The lowest BCUT2D eigenvalue weighted by molar-refractivity contribution is -0.161. The van der Waals surface area contributed by atoms with E-state index in [0.29, 0.717) is 6.04 Å². The molecule has 2 rings (SSSR count). The highest BCUT2D eigenvalue weighted by Crippen LogP contribution is 2.38. The lowest BCUT2D eigenvalue weighted by atomic mass is 9.78. The first-order valence-corrected chi connectivity index (χ1v) is 6.81. The van der Waals surface area contributed by atoms with Gasteiger partial charge in [0.1, 0.15) is 11.6 Å². The van der Waals surface area contributed by atoms with Crippen molar-refractivity contribution in [2.24, 2.45) is 11.8 Å². The summed E-state index contributed by atoms with van der Waals surface area (Å²) in [6.07, 6.45) is 4.44. The fourth-order valence-corrected chi connectivity index (χ4v) is 3.18. The van der Waals surface area contributed by atoms with Gasteiger partial charge in [-0.15, -0.1) is 0 Å². The van der Waals surface area contributed by atoms with Gasteiger partial charge in [-0.3, -0.25) is 10.1 Å². The van der Waals surface area contributed by atoms with Crippen LogP contribution in [0.25, 0.3) is 0 Å². The van der Waals surface area contributed by atoms with E-state index in [1.807, 2.05) is 20.8 Å². The standard InChI is InChI=1S/C14H22N2O2/c1-14(2,3)18-13(17)12-9-6-4-5-7-10(9)16-11(12)8-15/h9-12,16H,4-7H2,1-3H3/t9-,10+,11-,12?/m1/s1. The smallest absolute Gasteiger partial charge is 0.312 e. The van der Waals surface area contributed by atoms with Crippen molar-refractivity contribution < 1.29 is 9.53 Å². The molecular weight excluding hydrogens is 228 g/mol. The lowest BCUT2D eigenvalue weighted by Crippen LogP contribution is -2.37. The van der Waals surface area contributed by atoms with E-state index >= 15 is 0 Å². The number of hydrogen-bond acceptors (Lipinski definition) is 4. The fourth-order valence-electron chi connectivity index (χ4n) is 3.18. The van der Waals surface area contributed by atoms with Gasteiger partial charge >= 0.3 is 5.97 Å². The molecule has 0 amide bonds. The molecule has 18 heavy (non-hydrogen) atoms. The molecule has 0 aromatic heterocycles. The summed E-state index contributed by atoms with van der Waals surface area (Å²) in [5, 5.41) is 12.5. The largest absolute Gasteiger partial charge is 0.460 e. The number of carbonyl (C=O) groups excluding carboxylic acids is 1. The molecule has 1 N–H and O–H groups in total. The van der Waals surface area contributed by atoms with Gasteiger partial charge in [-0.05, 0) is 39.5 Å². The first kappa shape index (κ1) is 13.4. The third-order valence-electron chi connectivity index (χ3n) is 3.85. The summed E-state index contributed by atoms with van der Waals surface area (Å²) in [6, 6.07) is 2.16. The van der Waals surface area contributed by atoms with Gasteiger partial charge in [0.05, 0.1) is 12.0 Å². The number of nitrogens with one attached hydrogen (secondary N) is 1. The van der Waals surface area contributed by atoms with E-state index in [-0.39, 0.29) is 23.8 Å². The van der Waals surface area contributed by atoms with Gasteiger partial charge in [-0.1, -0.05) is 12.8 Å². The number of fused-ring (bicyclic) bond motifs is 1. The number of esters is 1. The SMILES string of the molecule is CC(C)(C)OC(=O)C1[C@@H](C#N)N[C@H]2CCCC[C@@H]12. The minimum atomic E-state index is -0.482. The number of hydrogen-bond donors (Lipinski definition) is 1. The Labute approximate surface area is 109 Å². The highest BCUT2D eigenvalue weighted by Gasteiger charge is 2.48. The van der Waals surface area contributed by atoms with Crippen LogP contribution in [0, 0.1) is 23.2 Å². The number of rotatable bonds is 1. The minimum absolute atomic E-state index is 0.212. The number of nitriles is 1. The Morgan fingerprint density at radius 3 is 2.61 bits per heavy atom. The third kappa shape index (κ3) is 2.67. The number of nitrogens with zero attached hydrogens (tertiary/aromatic N) is 1. The highest BCUT2D eigenvalue weighted by atomic mass is 16.6. The average molecular weight is 250 g/mol. The van der Waals surface area contributed by atoms with Crippen LogP contribution in [-0.2, 0) is 9.53 Å². The van der Waals surface area contributed by atoms with Gasteiger partial charge in [0.15, 0.2) is 0 Å². The summed E-state index contributed by atoms with van der Waals surface area (Å²) in [4.78, 5) is 12.3. The van der Waals surface area contributed by atoms with Crippen molar-refractivity contribution in [3.05, 3.63) is 0 Å². The molecule has 0 radical (unpaired) electrons. The van der Waals surface area contributed by atoms with Crippen LogP contribution in [0.2, 0.25) is 0 Å². The minimum Gasteiger partial charge on any atom is -0.460 e. The van der Waals surface area contributed by atoms with Crippen molar-refractivity contribution in [1.29, 1.82) is 5.26 Å². The van der Waals surface area contributed by atoms with Gasteiger partial charge < -0.3 is 4.74 Å². The Morgan fingerprint density at radius 2 is 2.00 bits per heavy atom. The van der Waals surface area contributed by atoms with Crippen molar-refractivity contribution >= 4 is 5.97 Å². The molecule has 1 saturated carbocycles. The van der Waals surface area contributed by atoms with Crippen molar-refractivity contribution in [3.8, 4) is 6.07 Å². The maximum Gasteiger partial charge on any atom is 0.312 e. The molecule has 1 aliphatic heterocycles. The maximum atomic E-state index is 12.3. The van der Waals surface area contributed by atoms with E-state index in [4.69, 9.17) is 4.74 Å². The Kier molecular flexibility index (Phi) is 3.63. The van der Waals surface area contributed by atoms with Crippen molar-refractivity contribution in [2.45, 2.75) is 64.1 Å². The Bertz CT molecular complexity index is 367. The van der Waals surface area contributed by atoms with Crippen LogP contribution < -0.4 is 5.32 Å². The third-order valence-corrected chi connectivity index (χ3v) is 3.85. The summed E-state index contributed by atoms with van der Waals surface area (Å²) in [7, 11) is 0. The Balaban J connectivity index is 2.13. The van der Waals surface area contributed by atoms with Gasteiger partial charge in [0.2, 0.25) is 0 Å². The molecule has 1 unspecified atom stereocenters. The average Bonchev–Trinajstić information content (AvgIpc) is 2.64. The summed E-state index contributed by atoms with van der Waals surface area (Å²) in [6.45, 7) is 5.60. The molecule has 2 aliphatic rings. The summed E-state index contributed by atoms with van der Waals surface area (Å²) in [5.41, 5.74) is -0.482. The fraction of sp³-hybridized carbons (Fsp3) is 0.857. The molecule has 0 bridgehead atoms. The quantitative estimate of drug-likeness (QED) is 0.723. The van der Waals surface area contributed by atoms with Crippen LogP contribution in [0.15, 0.2) is 0 Å². The maximum absolute atomic E-state index is 12.3. The monoisotopic (exact) mass is 250 g/mol. The van der Waals surface area contributed by atoms with Crippen LogP contribution in [0.3, 0.4) is 0 Å². The van der Waals surface area contributed by atoms with Gasteiger partial charge in [-0.25, -0.2) is 0 Å². The van der Waals surface area contributed by atoms with E-state index in [9.17, 15) is 10.1 Å².